The summed E-state index contributed by atoms with van der Waals surface area (Å²) in [7, 11) is 0. The first-order chi connectivity index (χ1) is 12.5. The number of para-hydroxylation sites is 1. The van der Waals surface area contributed by atoms with Gasteiger partial charge in [0, 0.05) is 12.1 Å². The lowest BCUT2D eigenvalue weighted by molar-refractivity contribution is -0.115. The maximum absolute atomic E-state index is 12.5. The van der Waals surface area contributed by atoms with E-state index in [0.717, 1.165) is 35.0 Å². The third-order valence-electron chi connectivity index (χ3n) is 5.16. The number of rotatable bonds is 7. The van der Waals surface area contributed by atoms with Gasteiger partial charge in [0.05, 0.1) is 5.25 Å². The molecule has 1 fully saturated rings. The van der Waals surface area contributed by atoms with Gasteiger partial charge >= 0.3 is 0 Å². The number of benzene rings is 1. The number of carbonyl (C=O) groups is 1. The van der Waals surface area contributed by atoms with Crippen molar-refractivity contribution < 1.29 is 4.79 Å². The van der Waals surface area contributed by atoms with E-state index in [-0.39, 0.29) is 11.2 Å². The van der Waals surface area contributed by atoms with Crippen molar-refractivity contribution in [1.82, 2.24) is 15.2 Å². The van der Waals surface area contributed by atoms with Crippen molar-refractivity contribution in [2.75, 3.05) is 5.32 Å². The molecule has 0 radical (unpaired) electrons. The first-order valence-electron chi connectivity index (χ1n) is 9.48. The molecule has 2 aromatic rings. The second-order valence-corrected chi connectivity index (χ2v) is 8.58. The molecule has 0 saturated heterocycles. The first kappa shape index (κ1) is 19.0. The van der Waals surface area contributed by atoms with E-state index in [2.05, 4.69) is 20.5 Å². The van der Waals surface area contributed by atoms with Gasteiger partial charge in [0.2, 0.25) is 11.1 Å². The molecule has 1 unspecified atom stereocenters. The molecule has 1 aliphatic carbocycles. The molecule has 0 spiro atoms. The van der Waals surface area contributed by atoms with Crippen LogP contribution in [0.4, 0.5) is 5.69 Å². The molecule has 1 aromatic heterocycles. The van der Waals surface area contributed by atoms with Crippen molar-refractivity contribution in [3.05, 3.63) is 35.2 Å². The molecule has 1 aromatic carbocycles. The minimum Gasteiger partial charge on any atom is -0.325 e. The van der Waals surface area contributed by atoms with Crippen molar-refractivity contribution in [1.29, 1.82) is 0 Å². The van der Waals surface area contributed by atoms with Crippen LogP contribution < -0.4 is 5.32 Å². The van der Waals surface area contributed by atoms with E-state index >= 15 is 0 Å². The summed E-state index contributed by atoms with van der Waals surface area (Å²) in [5, 5.41) is 10.7. The molecular formula is C20H28N4OS. The lowest BCUT2D eigenvalue weighted by Gasteiger charge is -2.14. The smallest absolute Gasteiger partial charge is 0.237 e. The number of H-pyrrole nitrogens is 1. The number of aromatic nitrogens is 3. The molecule has 1 aliphatic rings. The van der Waals surface area contributed by atoms with Gasteiger partial charge in [-0.2, -0.15) is 0 Å². The predicted molar refractivity (Wildman–Crippen MR) is 107 cm³/mol. The number of anilines is 1. The Labute approximate surface area is 159 Å². The van der Waals surface area contributed by atoms with Gasteiger partial charge in [0.25, 0.3) is 0 Å². The molecule has 26 heavy (non-hydrogen) atoms. The minimum atomic E-state index is -0.257. The van der Waals surface area contributed by atoms with Gasteiger partial charge in [-0.25, -0.2) is 4.98 Å². The molecule has 1 saturated carbocycles. The Morgan fingerprint density at radius 3 is 2.69 bits per heavy atom. The summed E-state index contributed by atoms with van der Waals surface area (Å²) < 4.78 is 0. The number of nitrogens with one attached hydrogen (secondary N) is 2. The van der Waals surface area contributed by atoms with Crippen LogP contribution in [0.3, 0.4) is 0 Å². The summed E-state index contributed by atoms with van der Waals surface area (Å²) in [6.45, 7) is 5.90. The topological polar surface area (TPSA) is 70.7 Å². The molecule has 5 nitrogen and oxygen atoms in total. The van der Waals surface area contributed by atoms with Gasteiger partial charge in [-0.3, -0.25) is 9.89 Å². The van der Waals surface area contributed by atoms with E-state index in [1.807, 2.05) is 39.0 Å². The van der Waals surface area contributed by atoms with Crippen LogP contribution in [0.25, 0.3) is 0 Å². The summed E-state index contributed by atoms with van der Waals surface area (Å²) in [6, 6.07) is 6.01. The van der Waals surface area contributed by atoms with Crippen molar-refractivity contribution in [2.24, 2.45) is 5.92 Å². The van der Waals surface area contributed by atoms with E-state index in [0.29, 0.717) is 5.16 Å². The van der Waals surface area contributed by atoms with E-state index in [1.54, 1.807) is 0 Å². The Morgan fingerprint density at radius 2 is 2.00 bits per heavy atom. The Kier molecular flexibility index (Phi) is 6.35. The summed E-state index contributed by atoms with van der Waals surface area (Å²) in [5.74, 6) is 1.75. The quantitative estimate of drug-likeness (QED) is 0.693. The highest BCUT2D eigenvalue weighted by Crippen LogP contribution is 2.29. The average Bonchev–Trinajstić information content (AvgIpc) is 3.28. The van der Waals surface area contributed by atoms with Crippen LogP contribution in [-0.4, -0.2) is 26.3 Å². The van der Waals surface area contributed by atoms with Crippen molar-refractivity contribution in [2.45, 2.75) is 69.7 Å². The highest BCUT2D eigenvalue weighted by atomic mass is 32.2. The van der Waals surface area contributed by atoms with Gasteiger partial charge in [0.15, 0.2) is 0 Å². The first-order valence-corrected chi connectivity index (χ1v) is 10.4. The fourth-order valence-electron chi connectivity index (χ4n) is 3.53. The monoisotopic (exact) mass is 372 g/mol. The molecule has 6 heteroatoms. The second kappa shape index (κ2) is 8.71. The summed E-state index contributed by atoms with van der Waals surface area (Å²) in [5.41, 5.74) is 3.04. The molecule has 140 valence electrons. The second-order valence-electron chi connectivity index (χ2n) is 7.27. The van der Waals surface area contributed by atoms with Gasteiger partial charge in [0.1, 0.15) is 5.82 Å². The number of nitrogens with zero attached hydrogens (tertiary/aromatic N) is 2. The largest absolute Gasteiger partial charge is 0.325 e. The number of thioether (sulfide) groups is 1. The number of hydrogen-bond donors (Lipinski definition) is 2. The molecular weight excluding hydrogens is 344 g/mol. The fourth-order valence-corrected chi connectivity index (χ4v) is 4.27. The molecule has 0 bridgehead atoms. The number of aromatic amines is 1. The predicted octanol–water partition coefficient (Wildman–Crippen LogP) is 4.66. The summed E-state index contributed by atoms with van der Waals surface area (Å²) >= 11 is 1.40. The average molecular weight is 373 g/mol. The minimum absolute atomic E-state index is 0.0234. The zero-order chi connectivity index (χ0) is 18.5. The maximum Gasteiger partial charge on any atom is 0.237 e. The van der Waals surface area contributed by atoms with Gasteiger partial charge in [-0.05, 0) is 44.2 Å². The Morgan fingerprint density at radius 1 is 1.31 bits per heavy atom. The van der Waals surface area contributed by atoms with E-state index in [1.165, 1.54) is 43.9 Å². The van der Waals surface area contributed by atoms with Crippen LogP contribution in [0.2, 0.25) is 0 Å². The van der Waals surface area contributed by atoms with E-state index in [9.17, 15) is 4.79 Å². The highest BCUT2D eigenvalue weighted by Gasteiger charge is 2.19. The lowest BCUT2D eigenvalue weighted by atomic mass is 10.0. The highest BCUT2D eigenvalue weighted by molar-refractivity contribution is 8.00. The molecule has 1 heterocycles. The number of hydrogen-bond acceptors (Lipinski definition) is 4. The van der Waals surface area contributed by atoms with Crippen LogP contribution in [0.15, 0.2) is 23.4 Å². The molecule has 1 amide bonds. The zero-order valence-corrected chi connectivity index (χ0v) is 16.7. The number of aryl methyl sites for hydroxylation is 3. The van der Waals surface area contributed by atoms with E-state index in [4.69, 9.17) is 0 Å². The number of carbonyl (C=O) groups excluding carboxylic acids is 1. The van der Waals surface area contributed by atoms with E-state index < -0.39 is 0 Å². The zero-order valence-electron chi connectivity index (χ0n) is 15.8. The van der Waals surface area contributed by atoms with Crippen LogP contribution >= 0.6 is 11.8 Å². The van der Waals surface area contributed by atoms with Gasteiger partial charge in [-0.1, -0.05) is 55.6 Å². The molecule has 2 N–H and O–H groups in total. The van der Waals surface area contributed by atoms with Gasteiger partial charge < -0.3 is 5.32 Å². The van der Waals surface area contributed by atoms with Crippen LogP contribution in [0.5, 0.6) is 0 Å². The standard InChI is InChI=1S/C20H28N4OS/c1-13-7-6-8-14(2)18(13)22-19(25)15(3)26-20-21-17(23-24-20)12-11-16-9-4-5-10-16/h6-8,15-16H,4-5,9-12H2,1-3H3,(H,22,25)(H,21,23,24). The van der Waals surface area contributed by atoms with Crippen LogP contribution in [0.1, 0.15) is 56.0 Å². The summed E-state index contributed by atoms with van der Waals surface area (Å²) in [4.78, 5) is 17.1. The van der Waals surface area contributed by atoms with Crippen molar-refractivity contribution in [3.8, 4) is 0 Å². The third-order valence-corrected chi connectivity index (χ3v) is 6.12. The molecule has 0 aliphatic heterocycles. The third kappa shape index (κ3) is 4.87. The molecule has 1 atom stereocenters. The van der Waals surface area contributed by atoms with Gasteiger partial charge in [-0.15, -0.1) is 5.10 Å². The Bertz CT molecular complexity index is 732. The molecule has 3 rings (SSSR count). The normalized spacial score (nSPS) is 16.0. The van der Waals surface area contributed by atoms with Crippen LogP contribution in [-0.2, 0) is 11.2 Å². The van der Waals surface area contributed by atoms with Crippen molar-refractivity contribution in [3.63, 3.8) is 0 Å². The van der Waals surface area contributed by atoms with Crippen LogP contribution in [0, 0.1) is 19.8 Å². The lowest BCUT2D eigenvalue weighted by Crippen LogP contribution is -2.23. The Balaban J connectivity index is 1.52. The number of amides is 1. The van der Waals surface area contributed by atoms with Crippen molar-refractivity contribution >= 4 is 23.4 Å². The maximum atomic E-state index is 12.5. The summed E-state index contributed by atoms with van der Waals surface area (Å²) in [6.07, 6.45) is 7.57. The fraction of sp³-hybridized carbons (Fsp3) is 0.550. The Hall–Kier alpha value is -1.82. The SMILES string of the molecule is Cc1cccc(C)c1NC(=O)C(C)Sc1n[nH]c(CCC2CCCC2)n1.